The van der Waals surface area contributed by atoms with E-state index in [1.165, 1.54) is 6.07 Å². The van der Waals surface area contributed by atoms with Gasteiger partial charge in [0.2, 0.25) is 0 Å². The molecule has 1 aliphatic rings. The first-order valence-corrected chi connectivity index (χ1v) is 8.60. The van der Waals surface area contributed by atoms with Gasteiger partial charge in [0.25, 0.3) is 5.91 Å². The second-order valence-electron chi connectivity index (χ2n) is 6.53. The van der Waals surface area contributed by atoms with Crippen molar-refractivity contribution in [3.63, 3.8) is 0 Å². The summed E-state index contributed by atoms with van der Waals surface area (Å²) in [5, 5.41) is 6.14. The van der Waals surface area contributed by atoms with Gasteiger partial charge in [-0.05, 0) is 37.2 Å². The first-order valence-electron chi connectivity index (χ1n) is 8.60. The van der Waals surface area contributed by atoms with E-state index in [4.69, 9.17) is 0 Å². The quantitative estimate of drug-likeness (QED) is 0.659. The molecule has 27 heavy (non-hydrogen) atoms. The molecule has 1 unspecified atom stereocenters. The molecule has 2 aromatic carbocycles. The largest absolute Gasteiger partial charge is 0.416 e. The number of nitrogens with zero attached hydrogens (tertiary/aromatic N) is 1. The summed E-state index contributed by atoms with van der Waals surface area (Å²) in [6, 6.07) is 10.1. The first kappa shape index (κ1) is 17.5. The minimum atomic E-state index is -4.43. The number of aromatic nitrogens is 2. The van der Waals surface area contributed by atoms with Gasteiger partial charge in [-0.25, -0.2) is 4.98 Å². The maximum Gasteiger partial charge on any atom is 0.416 e. The Kier molecular flexibility index (Phi) is 4.35. The van der Waals surface area contributed by atoms with Gasteiger partial charge in [-0.1, -0.05) is 18.2 Å². The Morgan fingerprint density at radius 1 is 1.19 bits per heavy atom. The smallest absolute Gasteiger partial charge is 0.348 e. The van der Waals surface area contributed by atoms with Gasteiger partial charge in [-0.15, -0.1) is 0 Å². The first-order chi connectivity index (χ1) is 12.9. The zero-order valence-electron chi connectivity index (χ0n) is 14.2. The third kappa shape index (κ3) is 3.52. The molecule has 1 atom stereocenters. The number of carbonyl (C=O) groups excluding carboxylic acids is 1. The van der Waals surface area contributed by atoms with Gasteiger partial charge in [0.05, 0.1) is 16.6 Å². The Hall–Kier alpha value is -2.87. The Morgan fingerprint density at radius 2 is 2.00 bits per heavy atom. The lowest BCUT2D eigenvalue weighted by molar-refractivity contribution is -0.137. The molecule has 2 heterocycles. The van der Waals surface area contributed by atoms with Gasteiger partial charge >= 0.3 is 6.18 Å². The number of imidazole rings is 1. The molecule has 1 amide bonds. The number of hydrogen-bond donors (Lipinski definition) is 3. The molecule has 4 rings (SSSR count). The number of nitrogens with one attached hydrogen (secondary N) is 3. The van der Waals surface area contributed by atoms with Crippen molar-refractivity contribution < 1.29 is 18.0 Å². The van der Waals surface area contributed by atoms with Crippen LogP contribution in [0.2, 0.25) is 0 Å². The highest BCUT2D eigenvalue weighted by Gasteiger charge is 2.30. The van der Waals surface area contributed by atoms with Gasteiger partial charge in [0, 0.05) is 18.2 Å². The van der Waals surface area contributed by atoms with E-state index in [1.807, 2.05) is 0 Å². The number of H-pyrrole nitrogens is 1. The average Bonchev–Trinajstić information content (AvgIpc) is 3.30. The van der Waals surface area contributed by atoms with Crippen molar-refractivity contribution >= 4 is 16.9 Å². The molecule has 0 bridgehead atoms. The van der Waals surface area contributed by atoms with E-state index >= 15 is 0 Å². The molecular formula is C19H17F3N4O. The summed E-state index contributed by atoms with van der Waals surface area (Å²) >= 11 is 0. The Balaban J connectivity index is 1.70. The van der Waals surface area contributed by atoms with Gasteiger partial charge in [0.15, 0.2) is 0 Å². The second kappa shape index (κ2) is 6.70. The number of halogens is 3. The summed E-state index contributed by atoms with van der Waals surface area (Å²) in [5.41, 5.74) is 1.00. The maximum atomic E-state index is 13.0. The van der Waals surface area contributed by atoms with Crippen molar-refractivity contribution in [2.24, 2.45) is 0 Å². The van der Waals surface area contributed by atoms with Crippen molar-refractivity contribution in [3.05, 3.63) is 53.6 Å². The van der Waals surface area contributed by atoms with Crippen molar-refractivity contribution in [2.45, 2.75) is 18.6 Å². The summed E-state index contributed by atoms with van der Waals surface area (Å²) in [6.07, 6.45) is -3.57. The summed E-state index contributed by atoms with van der Waals surface area (Å²) < 4.78 is 38.9. The fraction of sp³-hybridized carbons (Fsp3) is 0.263. The SMILES string of the molecule is O=C(NC1CCNC1)c1cccc2[nH]c(-c3cccc(C(F)(F)F)c3)nc12. The van der Waals surface area contributed by atoms with Crippen molar-refractivity contribution in [1.29, 1.82) is 0 Å². The lowest BCUT2D eigenvalue weighted by Gasteiger charge is -2.11. The van der Waals surface area contributed by atoms with Crippen molar-refractivity contribution in [2.75, 3.05) is 13.1 Å². The van der Waals surface area contributed by atoms with Crippen LogP contribution in [0.15, 0.2) is 42.5 Å². The molecule has 1 aliphatic heterocycles. The molecule has 1 aromatic heterocycles. The highest BCUT2D eigenvalue weighted by atomic mass is 19.4. The highest BCUT2D eigenvalue weighted by molar-refractivity contribution is 6.05. The van der Waals surface area contributed by atoms with Gasteiger partial charge in [-0.3, -0.25) is 4.79 Å². The predicted octanol–water partition coefficient (Wildman–Crippen LogP) is 3.34. The van der Waals surface area contributed by atoms with Crippen molar-refractivity contribution in [1.82, 2.24) is 20.6 Å². The lowest BCUT2D eigenvalue weighted by Crippen LogP contribution is -2.36. The molecule has 0 saturated carbocycles. The molecule has 1 saturated heterocycles. The third-order valence-electron chi connectivity index (χ3n) is 4.62. The highest BCUT2D eigenvalue weighted by Crippen LogP contribution is 2.32. The zero-order valence-corrected chi connectivity index (χ0v) is 14.2. The van der Waals surface area contributed by atoms with Crippen LogP contribution in [0.5, 0.6) is 0 Å². The van der Waals surface area contributed by atoms with Crippen LogP contribution in [0.4, 0.5) is 13.2 Å². The monoisotopic (exact) mass is 374 g/mol. The van der Waals surface area contributed by atoms with Crippen LogP contribution in [-0.2, 0) is 6.18 Å². The Labute approximate surface area is 153 Å². The average molecular weight is 374 g/mol. The number of aromatic amines is 1. The molecule has 8 heteroatoms. The van der Waals surface area contributed by atoms with E-state index in [0.717, 1.165) is 31.6 Å². The summed E-state index contributed by atoms with van der Waals surface area (Å²) in [5.74, 6) is 0.0512. The number of benzene rings is 2. The van der Waals surface area contributed by atoms with Crippen LogP contribution in [-0.4, -0.2) is 35.0 Å². The molecule has 0 radical (unpaired) electrons. The zero-order chi connectivity index (χ0) is 19.0. The van der Waals surface area contributed by atoms with Gasteiger partial charge in [-0.2, -0.15) is 13.2 Å². The van der Waals surface area contributed by atoms with Crippen LogP contribution >= 0.6 is 0 Å². The van der Waals surface area contributed by atoms with E-state index in [9.17, 15) is 18.0 Å². The van der Waals surface area contributed by atoms with Crippen LogP contribution < -0.4 is 10.6 Å². The van der Waals surface area contributed by atoms with E-state index in [1.54, 1.807) is 24.3 Å². The number of fused-ring (bicyclic) bond motifs is 1. The van der Waals surface area contributed by atoms with Crippen molar-refractivity contribution in [3.8, 4) is 11.4 Å². The Morgan fingerprint density at radius 3 is 2.74 bits per heavy atom. The lowest BCUT2D eigenvalue weighted by atomic mass is 10.1. The van der Waals surface area contributed by atoms with E-state index in [2.05, 4.69) is 20.6 Å². The van der Waals surface area contributed by atoms with Gasteiger partial charge in [0.1, 0.15) is 11.3 Å². The summed E-state index contributed by atoms with van der Waals surface area (Å²) in [7, 11) is 0. The van der Waals surface area contributed by atoms with E-state index in [-0.39, 0.29) is 11.9 Å². The number of alkyl halides is 3. The molecular weight excluding hydrogens is 357 g/mol. The standard InChI is InChI=1S/C19H17F3N4O/c20-19(21,22)12-4-1-3-11(9-12)17-25-15-6-2-5-14(16(15)26-17)18(27)24-13-7-8-23-10-13/h1-6,9,13,23H,7-8,10H2,(H,24,27)(H,25,26). The van der Waals surface area contributed by atoms with Gasteiger partial charge < -0.3 is 15.6 Å². The topological polar surface area (TPSA) is 69.8 Å². The fourth-order valence-corrected chi connectivity index (χ4v) is 3.24. The molecule has 5 nitrogen and oxygen atoms in total. The Bertz CT molecular complexity index is 990. The molecule has 0 aliphatic carbocycles. The third-order valence-corrected chi connectivity index (χ3v) is 4.62. The van der Waals surface area contributed by atoms with Crippen LogP contribution in [0.1, 0.15) is 22.3 Å². The molecule has 140 valence electrons. The summed E-state index contributed by atoms with van der Waals surface area (Å²) in [6.45, 7) is 1.58. The number of rotatable bonds is 3. The van der Waals surface area contributed by atoms with E-state index < -0.39 is 11.7 Å². The molecule has 0 spiro atoms. The minimum absolute atomic E-state index is 0.0645. The predicted molar refractivity (Wildman–Crippen MR) is 95.3 cm³/mol. The normalized spacial score (nSPS) is 17.4. The summed E-state index contributed by atoms with van der Waals surface area (Å²) in [4.78, 5) is 20.0. The molecule has 3 aromatic rings. The molecule has 3 N–H and O–H groups in total. The minimum Gasteiger partial charge on any atom is -0.348 e. The second-order valence-corrected chi connectivity index (χ2v) is 6.53. The number of para-hydroxylation sites is 1. The fourth-order valence-electron chi connectivity index (χ4n) is 3.24. The van der Waals surface area contributed by atoms with E-state index in [0.29, 0.717) is 28.0 Å². The maximum absolute atomic E-state index is 13.0. The van der Waals surface area contributed by atoms with Crippen LogP contribution in [0, 0.1) is 0 Å². The van der Waals surface area contributed by atoms with Crippen LogP contribution in [0.3, 0.4) is 0 Å². The number of amides is 1. The molecule has 1 fully saturated rings. The number of hydrogen-bond acceptors (Lipinski definition) is 3. The van der Waals surface area contributed by atoms with Crippen LogP contribution in [0.25, 0.3) is 22.4 Å². The number of carbonyl (C=O) groups is 1.